The lowest BCUT2D eigenvalue weighted by Crippen LogP contribution is -2.48. The minimum absolute atomic E-state index is 0.255. The van der Waals surface area contributed by atoms with Crippen molar-refractivity contribution in [2.24, 2.45) is 0 Å². The highest BCUT2D eigenvalue weighted by Gasteiger charge is 2.61. The molecular formula is C18H32O5. The van der Waals surface area contributed by atoms with Gasteiger partial charge in [0.25, 0.3) is 0 Å². The highest BCUT2D eigenvalue weighted by molar-refractivity contribution is 5.13. The van der Waals surface area contributed by atoms with Gasteiger partial charge in [-0.15, -0.1) is 6.58 Å². The van der Waals surface area contributed by atoms with Crippen molar-refractivity contribution in [1.29, 1.82) is 0 Å². The van der Waals surface area contributed by atoms with Gasteiger partial charge in [-0.05, 0) is 26.7 Å². The first kappa shape index (κ1) is 18.9. The number of fused-ring (bicyclic) bond motifs is 1. The van der Waals surface area contributed by atoms with Crippen LogP contribution in [-0.4, -0.2) is 49.7 Å². The Bertz CT molecular complexity index is 384. The molecule has 0 bridgehead atoms. The lowest BCUT2D eigenvalue weighted by atomic mass is 9.96. The number of ether oxygens (including phenoxy) is 5. The smallest absolute Gasteiger partial charge is 0.191 e. The Kier molecular flexibility index (Phi) is 6.63. The molecule has 4 atom stereocenters. The maximum absolute atomic E-state index is 6.17. The quantitative estimate of drug-likeness (QED) is 0.454. The second kappa shape index (κ2) is 8.08. The Hall–Kier alpha value is -0.460. The van der Waals surface area contributed by atoms with Crippen molar-refractivity contribution in [2.75, 3.05) is 19.8 Å². The van der Waals surface area contributed by atoms with E-state index in [2.05, 4.69) is 20.4 Å². The largest absolute Gasteiger partial charge is 0.378 e. The fourth-order valence-electron chi connectivity index (χ4n) is 3.02. The van der Waals surface area contributed by atoms with E-state index >= 15 is 0 Å². The number of hydrogen-bond donors (Lipinski definition) is 0. The summed E-state index contributed by atoms with van der Waals surface area (Å²) in [6.07, 6.45) is 5.04. The Morgan fingerprint density at radius 2 is 1.74 bits per heavy atom. The summed E-state index contributed by atoms with van der Waals surface area (Å²) in [5.41, 5.74) is -0.715. The molecule has 2 rings (SSSR count). The van der Waals surface area contributed by atoms with Crippen molar-refractivity contribution in [1.82, 2.24) is 0 Å². The van der Waals surface area contributed by atoms with Crippen LogP contribution in [0.25, 0.3) is 0 Å². The molecule has 23 heavy (non-hydrogen) atoms. The van der Waals surface area contributed by atoms with E-state index in [1.54, 1.807) is 6.08 Å². The van der Waals surface area contributed by atoms with Crippen molar-refractivity contribution in [3.63, 3.8) is 0 Å². The predicted molar refractivity (Wildman–Crippen MR) is 88.2 cm³/mol. The Morgan fingerprint density at radius 3 is 2.39 bits per heavy atom. The highest BCUT2D eigenvalue weighted by atomic mass is 16.8. The fraction of sp³-hybridized carbons (Fsp3) is 0.889. The molecule has 5 heteroatoms. The van der Waals surface area contributed by atoms with Gasteiger partial charge in [-0.1, -0.05) is 32.8 Å². The first-order valence-electron chi connectivity index (χ1n) is 8.84. The molecule has 0 amide bonds. The lowest BCUT2D eigenvalue weighted by molar-refractivity contribution is -0.241. The summed E-state index contributed by atoms with van der Waals surface area (Å²) >= 11 is 0. The maximum Gasteiger partial charge on any atom is 0.191 e. The molecule has 2 aliphatic heterocycles. The van der Waals surface area contributed by atoms with Gasteiger partial charge >= 0.3 is 0 Å². The third-order valence-electron chi connectivity index (χ3n) is 4.31. The van der Waals surface area contributed by atoms with E-state index in [9.17, 15) is 0 Å². The van der Waals surface area contributed by atoms with Gasteiger partial charge in [0.15, 0.2) is 12.1 Å². The van der Waals surface area contributed by atoms with Crippen molar-refractivity contribution in [3.8, 4) is 0 Å². The molecule has 2 unspecified atom stereocenters. The normalized spacial score (nSPS) is 35.4. The summed E-state index contributed by atoms with van der Waals surface area (Å²) in [4.78, 5) is 0. The number of hydrogen-bond acceptors (Lipinski definition) is 5. The zero-order chi connectivity index (χ0) is 16.9. The van der Waals surface area contributed by atoms with E-state index < -0.39 is 17.7 Å². The molecule has 0 N–H and O–H groups in total. The average molecular weight is 328 g/mol. The van der Waals surface area contributed by atoms with E-state index in [-0.39, 0.29) is 12.2 Å². The molecule has 0 saturated carbocycles. The predicted octanol–water partition coefficient (Wildman–Crippen LogP) is 3.42. The van der Waals surface area contributed by atoms with Crippen molar-refractivity contribution >= 4 is 0 Å². The molecule has 2 heterocycles. The molecule has 2 saturated heterocycles. The Morgan fingerprint density at radius 1 is 1.04 bits per heavy atom. The minimum Gasteiger partial charge on any atom is -0.378 e. The molecule has 0 spiro atoms. The first-order chi connectivity index (χ1) is 11.0. The summed E-state index contributed by atoms with van der Waals surface area (Å²) in [5, 5.41) is 0. The molecule has 2 fully saturated rings. The first-order valence-corrected chi connectivity index (χ1v) is 8.84. The van der Waals surface area contributed by atoms with E-state index in [1.807, 2.05) is 13.8 Å². The molecule has 0 radical (unpaired) electrons. The number of rotatable bonds is 10. The lowest BCUT2D eigenvalue weighted by Gasteiger charge is -2.34. The number of unbranched alkanes of at least 4 members (excludes halogenated alkanes) is 2. The van der Waals surface area contributed by atoms with Crippen LogP contribution in [-0.2, 0) is 23.7 Å². The van der Waals surface area contributed by atoms with Gasteiger partial charge in [-0.25, -0.2) is 0 Å². The van der Waals surface area contributed by atoms with Crippen LogP contribution >= 0.6 is 0 Å². The second-order valence-corrected chi connectivity index (χ2v) is 6.80. The molecule has 0 aromatic rings. The topological polar surface area (TPSA) is 46.2 Å². The molecule has 134 valence electrons. The summed E-state index contributed by atoms with van der Waals surface area (Å²) in [5.74, 6) is -0.655. The molecule has 0 aromatic carbocycles. The summed E-state index contributed by atoms with van der Waals surface area (Å²) in [7, 11) is 0. The monoisotopic (exact) mass is 328 g/mol. The van der Waals surface area contributed by atoms with Crippen LogP contribution in [0.2, 0.25) is 0 Å². The highest BCUT2D eigenvalue weighted by Crippen LogP contribution is 2.44. The standard InChI is InChI=1S/C18H32O5/c1-6-9-11-19-13-18(8-3)15(20-12-10-7-2)14-16(23-18)22-17(4,5)21-14/h8,14-16H,3,6-7,9-13H2,1-2,4-5H3/t14?,15?,16-,18+/m0/s1. The molecule has 2 aliphatic rings. The van der Waals surface area contributed by atoms with Crippen molar-refractivity contribution in [2.45, 2.75) is 83.3 Å². The Labute approximate surface area is 140 Å². The molecule has 0 aliphatic carbocycles. The maximum atomic E-state index is 6.17. The van der Waals surface area contributed by atoms with Gasteiger partial charge in [0.2, 0.25) is 0 Å². The van der Waals surface area contributed by atoms with Gasteiger partial charge in [-0.2, -0.15) is 0 Å². The third-order valence-corrected chi connectivity index (χ3v) is 4.31. The minimum atomic E-state index is -0.715. The van der Waals surface area contributed by atoms with Crippen molar-refractivity contribution in [3.05, 3.63) is 12.7 Å². The van der Waals surface area contributed by atoms with Gasteiger partial charge in [0.1, 0.15) is 17.8 Å². The molecule has 0 aromatic heterocycles. The summed E-state index contributed by atoms with van der Waals surface area (Å²) < 4.78 is 30.0. The third kappa shape index (κ3) is 4.34. The van der Waals surface area contributed by atoms with Crippen molar-refractivity contribution < 1.29 is 23.7 Å². The zero-order valence-electron chi connectivity index (χ0n) is 15.0. The van der Waals surface area contributed by atoms with E-state index in [4.69, 9.17) is 23.7 Å². The van der Waals surface area contributed by atoms with Gasteiger partial charge in [-0.3, -0.25) is 0 Å². The van der Waals surface area contributed by atoms with Crippen LogP contribution in [0.3, 0.4) is 0 Å². The molecular weight excluding hydrogens is 296 g/mol. The molecule has 5 nitrogen and oxygen atoms in total. The van der Waals surface area contributed by atoms with E-state index in [0.29, 0.717) is 19.8 Å². The van der Waals surface area contributed by atoms with Gasteiger partial charge in [0.05, 0.1) is 6.61 Å². The van der Waals surface area contributed by atoms with E-state index in [1.165, 1.54) is 0 Å². The van der Waals surface area contributed by atoms with Crippen LogP contribution < -0.4 is 0 Å². The average Bonchev–Trinajstić information content (AvgIpc) is 2.94. The van der Waals surface area contributed by atoms with Crippen LogP contribution in [0.15, 0.2) is 12.7 Å². The van der Waals surface area contributed by atoms with Gasteiger partial charge < -0.3 is 23.7 Å². The SMILES string of the molecule is C=C[C@]1(COCCCC)O[C@@H]2OC(C)(C)OC2C1OCCCC. The summed E-state index contributed by atoms with van der Waals surface area (Å²) in [6, 6.07) is 0. The fourth-order valence-corrected chi connectivity index (χ4v) is 3.02. The van der Waals surface area contributed by atoms with E-state index in [0.717, 1.165) is 25.7 Å². The van der Waals surface area contributed by atoms with Crippen LogP contribution in [0.5, 0.6) is 0 Å². The zero-order valence-corrected chi connectivity index (χ0v) is 15.0. The second-order valence-electron chi connectivity index (χ2n) is 6.80. The van der Waals surface area contributed by atoms with Crippen LogP contribution in [0.4, 0.5) is 0 Å². The van der Waals surface area contributed by atoms with Gasteiger partial charge in [0, 0.05) is 13.2 Å². The van der Waals surface area contributed by atoms with Crippen LogP contribution in [0.1, 0.15) is 53.4 Å². The Balaban J connectivity index is 2.07. The summed E-state index contributed by atoms with van der Waals surface area (Å²) in [6.45, 7) is 13.8. The van der Waals surface area contributed by atoms with Crippen LogP contribution in [0, 0.1) is 0 Å².